The Morgan fingerprint density at radius 2 is 2.18 bits per heavy atom. The number of hydrogen-bond acceptors (Lipinski definition) is 3. The van der Waals surface area contributed by atoms with E-state index in [1.807, 2.05) is 0 Å². The number of anilines is 1. The lowest BCUT2D eigenvalue weighted by molar-refractivity contribution is 0.208. The molecule has 0 spiro atoms. The topological polar surface area (TPSA) is 71.7 Å². The number of nitrogens with two attached hydrogens (primary N) is 1. The molecule has 0 fully saturated rings. The molecule has 0 atom stereocenters. The summed E-state index contributed by atoms with van der Waals surface area (Å²) in [6, 6.07) is 5.15. The van der Waals surface area contributed by atoms with Crippen molar-refractivity contribution >= 4 is 34.8 Å². The Bertz CT molecular complexity index is 398. The van der Waals surface area contributed by atoms with Gasteiger partial charge in [-0.25, -0.2) is 10.8 Å². The first kappa shape index (κ1) is 14.1. The average Bonchev–Trinajstić information content (AvgIpc) is 2.32. The molecule has 4 N–H and O–H groups in total. The third-order valence-electron chi connectivity index (χ3n) is 1.88. The first-order valence-corrected chi connectivity index (χ1v) is 5.65. The van der Waals surface area contributed by atoms with E-state index < -0.39 is 0 Å². The van der Waals surface area contributed by atoms with Crippen LogP contribution in [-0.4, -0.2) is 26.2 Å². The molecule has 1 aromatic carbocycles. The summed E-state index contributed by atoms with van der Waals surface area (Å²) < 4.78 is 4.88. The van der Waals surface area contributed by atoms with Gasteiger partial charge in [-0.3, -0.25) is 5.43 Å². The summed E-state index contributed by atoms with van der Waals surface area (Å²) in [5, 5.41) is 3.93. The molecule has 94 valence electrons. The Morgan fingerprint density at radius 3 is 2.76 bits per heavy atom. The predicted octanol–water partition coefficient (Wildman–Crippen LogP) is 1.87. The van der Waals surface area contributed by atoms with E-state index in [0.717, 1.165) is 5.69 Å². The van der Waals surface area contributed by atoms with Crippen molar-refractivity contribution in [2.24, 2.45) is 10.8 Å². The molecule has 0 amide bonds. The molecule has 0 bridgehead atoms. The minimum atomic E-state index is 0.431. The highest BCUT2D eigenvalue weighted by Gasteiger charge is 2.01. The van der Waals surface area contributed by atoms with E-state index in [4.69, 9.17) is 33.8 Å². The van der Waals surface area contributed by atoms with Gasteiger partial charge in [0.05, 0.1) is 23.2 Å². The van der Waals surface area contributed by atoms with Crippen LogP contribution in [-0.2, 0) is 4.74 Å². The van der Waals surface area contributed by atoms with Gasteiger partial charge in [-0.05, 0) is 18.2 Å². The van der Waals surface area contributed by atoms with Gasteiger partial charge in [0, 0.05) is 12.8 Å². The molecule has 1 rings (SSSR count). The van der Waals surface area contributed by atoms with E-state index in [0.29, 0.717) is 29.2 Å². The second-order valence-electron chi connectivity index (χ2n) is 3.12. The van der Waals surface area contributed by atoms with E-state index in [2.05, 4.69) is 15.7 Å². The summed E-state index contributed by atoms with van der Waals surface area (Å²) in [5.41, 5.74) is 3.19. The highest BCUT2D eigenvalue weighted by molar-refractivity contribution is 6.42. The molecule has 7 heteroatoms. The number of aliphatic imine (C=N–C) groups is 1. The zero-order valence-corrected chi connectivity index (χ0v) is 10.8. The predicted molar refractivity (Wildman–Crippen MR) is 71.6 cm³/mol. The zero-order valence-electron chi connectivity index (χ0n) is 9.34. The summed E-state index contributed by atoms with van der Waals surface area (Å²) in [4.78, 5) is 4.15. The molecular weight excluding hydrogens is 263 g/mol. The molecule has 0 aliphatic carbocycles. The number of hydrazine groups is 1. The number of hydrogen-bond donors (Lipinski definition) is 3. The van der Waals surface area contributed by atoms with Crippen LogP contribution in [0.5, 0.6) is 0 Å². The van der Waals surface area contributed by atoms with Crippen LogP contribution in [0.1, 0.15) is 0 Å². The summed E-state index contributed by atoms with van der Waals surface area (Å²) in [6.07, 6.45) is 0. The van der Waals surface area contributed by atoms with Gasteiger partial charge in [0.2, 0.25) is 5.96 Å². The molecule has 17 heavy (non-hydrogen) atoms. The van der Waals surface area contributed by atoms with Crippen molar-refractivity contribution in [1.82, 2.24) is 5.43 Å². The molecule has 0 unspecified atom stereocenters. The molecule has 0 aliphatic heterocycles. The molecule has 0 heterocycles. The average molecular weight is 277 g/mol. The number of methoxy groups -OCH3 is 1. The maximum atomic E-state index is 5.88. The van der Waals surface area contributed by atoms with Gasteiger partial charge in [-0.2, -0.15) is 0 Å². The summed E-state index contributed by atoms with van der Waals surface area (Å²) in [5.74, 6) is 5.76. The normalized spacial score (nSPS) is 11.4. The largest absolute Gasteiger partial charge is 0.383 e. The lowest BCUT2D eigenvalue weighted by Crippen LogP contribution is -2.36. The number of halogens is 2. The first-order chi connectivity index (χ1) is 8.17. The van der Waals surface area contributed by atoms with E-state index >= 15 is 0 Å². The molecular formula is C10H14Cl2N4O. The van der Waals surface area contributed by atoms with Crippen LogP contribution in [0.4, 0.5) is 5.69 Å². The van der Waals surface area contributed by atoms with Crippen LogP contribution in [0.3, 0.4) is 0 Å². The number of guanidine groups is 1. The Hall–Kier alpha value is -1.01. The molecule has 1 aromatic rings. The van der Waals surface area contributed by atoms with Crippen LogP contribution >= 0.6 is 23.2 Å². The van der Waals surface area contributed by atoms with E-state index in [1.165, 1.54) is 0 Å². The molecule has 0 aromatic heterocycles. The molecule has 0 aliphatic rings. The molecule has 0 saturated carbocycles. The third kappa shape index (κ3) is 4.79. The maximum absolute atomic E-state index is 5.88. The van der Waals surface area contributed by atoms with Crippen molar-refractivity contribution in [1.29, 1.82) is 0 Å². The Kier molecular flexibility index (Phi) is 6.07. The molecule has 0 radical (unpaired) electrons. The second kappa shape index (κ2) is 7.34. The van der Waals surface area contributed by atoms with Crippen molar-refractivity contribution < 1.29 is 4.74 Å². The SMILES string of the molecule is COCCN=C(NN)Nc1ccc(Cl)c(Cl)c1. The smallest absolute Gasteiger partial charge is 0.210 e. The van der Waals surface area contributed by atoms with E-state index in [9.17, 15) is 0 Å². The lowest BCUT2D eigenvalue weighted by Gasteiger charge is -2.09. The third-order valence-corrected chi connectivity index (χ3v) is 2.62. The number of nitrogens with one attached hydrogen (secondary N) is 2. The molecule has 0 saturated heterocycles. The van der Waals surface area contributed by atoms with Gasteiger partial charge in [0.15, 0.2) is 0 Å². The summed E-state index contributed by atoms with van der Waals surface area (Å²) in [6.45, 7) is 1.03. The van der Waals surface area contributed by atoms with Gasteiger partial charge < -0.3 is 10.1 Å². The standard InChI is InChI=1S/C10H14Cl2N4O/c1-17-5-4-14-10(16-13)15-7-2-3-8(11)9(12)6-7/h2-3,6H,4-5,13H2,1H3,(H2,14,15,16). The Morgan fingerprint density at radius 1 is 1.41 bits per heavy atom. The van der Waals surface area contributed by atoms with Gasteiger partial charge >= 0.3 is 0 Å². The van der Waals surface area contributed by atoms with Crippen LogP contribution in [0.2, 0.25) is 10.0 Å². The van der Waals surface area contributed by atoms with Crippen LogP contribution in [0.25, 0.3) is 0 Å². The zero-order chi connectivity index (χ0) is 12.7. The van der Waals surface area contributed by atoms with Crippen LogP contribution in [0, 0.1) is 0 Å². The van der Waals surface area contributed by atoms with Crippen molar-refractivity contribution in [3.63, 3.8) is 0 Å². The van der Waals surface area contributed by atoms with Crippen molar-refractivity contribution in [2.45, 2.75) is 0 Å². The summed E-state index contributed by atoms with van der Waals surface area (Å²) >= 11 is 11.7. The van der Waals surface area contributed by atoms with Gasteiger partial charge in [0.1, 0.15) is 0 Å². The van der Waals surface area contributed by atoms with Gasteiger partial charge in [0.25, 0.3) is 0 Å². The number of nitrogens with zero attached hydrogens (tertiary/aromatic N) is 1. The van der Waals surface area contributed by atoms with Crippen LogP contribution in [0.15, 0.2) is 23.2 Å². The van der Waals surface area contributed by atoms with E-state index in [1.54, 1.807) is 25.3 Å². The fourth-order valence-electron chi connectivity index (χ4n) is 1.08. The van der Waals surface area contributed by atoms with Gasteiger partial charge in [-0.15, -0.1) is 0 Å². The fourth-order valence-corrected chi connectivity index (χ4v) is 1.38. The minimum Gasteiger partial charge on any atom is -0.383 e. The highest BCUT2D eigenvalue weighted by Crippen LogP contribution is 2.24. The maximum Gasteiger partial charge on any atom is 0.210 e. The van der Waals surface area contributed by atoms with Gasteiger partial charge in [-0.1, -0.05) is 23.2 Å². The lowest BCUT2D eigenvalue weighted by atomic mass is 10.3. The monoisotopic (exact) mass is 276 g/mol. The second-order valence-corrected chi connectivity index (χ2v) is 3.94. The minimum absolute atomic E-state index is 0.431. The van der Waals surface area contributed by atoms with Crippen molar-refractivity contribution in [2.75, 3.05) is 25.6 Å². The molecule has 5 nitrogen and oxygen atoms in total. The Labute approximate surface area is 110 Å². The first-order valence-electron chi connectivity index (χ1n) is 4.89. The summed E-state index contributed by atoms with van der Waals surface area (Å²) in [7, 11) is 1.61. The van der Waals surface area contributed by atoms with E-state index in [-0.39, 0.29) is 0 Å². The van der Waals surface area contributed by atoms with Crippen LogP contribution < -0.4 is 16.6 Å². The highest BCUT2D eigenvalue weighted by atomic mass is 35.5. The number of rotatable bonds is 4. The van der Waals surface area contributed by atoms with Crippen molar-refractivity contribution in [3.8, 4) is 0 Å². The fraction of sp³-hybridized carbons (Fsp3) is 0.300. The number of ether oxygens (including phenoxy) is 1. The van der Waals surface area contributed by atoms with Crippen molar-refractivity contribution in [3.05, 3.63) is 28.2 Å². The Balaban J connectivity index is 2.67. The quantitative estimate of drug-likeness (QED) is 0.258. The number of benzene rings is 1.